The topological polar surface area (TPSA) is 43.1 Å². The van der Waals surface area contributed by atoms with Gasteiger partial charge in [-0.1, -0.05) is 31.4 Å². The Kier molecular flexibility index (Phi) is 5.44. The Bertz CT molecular complexity index is 223. The minimum atomic E-state index is -0.140. The van der Waals surface area contributed by atoms with Crippen LogP contribution in [-0.4, -0.2) is 5.91 Å². The second-order valence-electron chi connectivity index (χ2n) is 4.62. The van der Waals surface area contributed by atoms with Crippen molar-refractivity contribution in [2.75, 3.05) is 0 Å². The molecule has 1 rings (SSSR count). The molecule has 2 heteroatoms. The number of nitrogens with two attached hydrogens (primary N) is 1. The van der Waals surface area contributed by atoms with Gasteiger partial charge >= 0.3 is 0 Å². The number of hydrogen-bond donors (Lipinski definition) is 1. The zero-order chi connectivity index (χ0) is 11.1. The van der Waals surface area contributed by atoms with Crippen LogP contribution < -0.4 is 5.73 Å². The first-order valence-electron chi connectivity index (χ1n) is 6.18. The summed E-state index contributed by atoms with van der Waals surface area (Å²) in [6.45, 7) is 2.22. The maximum Gasteiger partial charge on any atom is 0.217 e. The van der Waals surface area contributed by atoms with Crippen molar-refractivity contribution < 1.29 is 4.79 Å². The highest BCUT2D eigenvalue weighted by molar-refractivity contribution is 5.74. The van der Waals surface area contributed by atoms with E-state index in [1.165, 1.54) is 32.1 Å². The number of hydrogen-bond acceptors (Lipinski definition) is 1. The highest BCUT2D eigenvalue weighted by Gasteiger charge is 2.17. The molecule has 0 aromatic rings. The van der Waals surface area contributed by atoms with E-state index >= 15 is 0 Å². The predicted octanol–water partition coefficient (Wildman–Crippen LogP) is 3.17. The number of carbonyl (C=O) groups is 1. The van der Waals surface area contributed by atoms with Gasteiger partial charge in [-0.2, -0.15) is 0 Å². The number of primary amides is 1. The molecule has 1 amide bonds. The van der Waals surface area contributed by atoms with Crippen LogP contribution in [0.3, 0.4) is 0 Å². The fraction of sp³-hybridized carbons (Fsp3) is 0.769. The Morgan fingerprint density at radius 2 is 2.13 bits per heavy atom. The third-order valence-corrected chi connectivity index (χ3v) is 3.23. The first-order valence-corrected chi connectivity index (χ1v) is 6.18. The third-order valence-electron chi connectivity index (χ3n) is 3.23. The van der Waals surface area contributed by atoms with Gasteiger partial charge in [0.05, 0.1) is 0 Å². The molecule has 0 aliphatic heterocycles. The molecule has 0 radical (unpaired) electrons. The molecule has 86 valence electrons. The molecule has 0 bridgehead atoms. The molecule has 2 N–H and O–H groups in total. The highest BCUT2D eigenvalue weighted by Crippen LogP contribution is 2.30. The fourth-order valence-corrected chi connectivity index (χ4v) is 2.25. The molecule has 1 saturated carbocycles. The van der Waals surface area contributed by atoms with Gasteiger partial charge in [0.1, 0.15) is 0 Å². The minimum Gasteiger partial charge on any atom is -0.370 e. The number of carbonyl (C=O) groups excluding carboxylic acids is 1. The predicted molar refractivity (Wildman–Crippen MR) is 63.4 cm³/mol. The first-order chi connectivity index (χ1) is 7.22. The molecule has 0 unspecified atom stereocenters. The van der Waals surface area contributed by atoms with E-state index in [9.17, 15) is 4.79 Å². The van der Waals surface area contributed by atoms with Crippen LogP contribution >= 0.6 is 0 Å². The summed E-state index contributed by atoms with van der Waals surface area (Å²) >= 11 is 0. The van der Waals surface area contributed by atoms with E-state index < -0.39 is 0 Å². The van der Waals surface area contributed by atoms with Crippen molar-refractivity contribution >= 4 is 5.91 Å². The standard InChI is InChI=1S/C13H23NO/c1-2-3-4-5-11-6-8-12(9-7-11)10-13(14)15/h5,12H,2-4,6-10H2,1H3,(H2,14,15). The lowest BCUT2D eigenvalue weighted by atomic mass is 9.83. The second-order valence-corrected chi connectivity index (χ2v) is 4.62. The zero-order valence-corrected chi connectivity index (χ0v) is 9.80. The van der Waals surface area contributed by atoms with Crippen LogP contribution in [0, 0.1) is 5.92 Å². The lowest BCUT2D eigenvalue weighted by Gasteiger charge is -2.22. The molecule has 0 spiro atoms. The molecule has 15 heavy (non-hydrogen) atoms. The van der Waals surface area contributed by atoms with E-state index in [-0.39, 0.29) is 5.91 Å². The Morgan fingerprint density at radius 1 is 1.47 bits per heavy atom. The summed E-state index contributed by atoms with van der Waals surface area (Å²) in [4.78, 5) is 10.8. The molecule has 0 aromatic carbocycles. The lowest BCUT2D eigenvalue weighted by molar-refractivity contribution is -0.119. The van der Waals surface area contributed by atoms with Gasteiger partial charge in [0, 0.05) is 6.42 Å². The summed E-state index contributed by atoms with van der Waals surface area (Å²) in [5.74, 6) is 0.407. The molecular formula is C13H23NO. The van der Waals surface area contributed by atoms with Crippen molar-refractivity contribution in [2.24, 2.45) is 11.7 Å². The molecule has 0 saturated heterocycles. The Labute approximate surface area is 92.9 Å². The fourth-order valence-electron chi connectivity index (χ4n) is 2.25. The smallest absolute Gasteiger partial charge is 0.217 e. The van der Waals surface area contributed by atoms with Gasteiger partial charge < -0.3 is 5.73 Å². The van der Waals surface area contributed by atoms with Crippen LogP contribution in [0.2, 0.25) is 0 Å². The van der Waals surface area contributed by atoms with E-state index in [0.29, 0.717) is 12.3 Å². The third kappa shape index (κ3) is 5.01. The van der Waals surface area contributed by atoms with E-state index in [4.69, 9.17) is 5.73 Å². The van der Waals surface area contributed by atoms with Crippen molar-refractivity contribution in [2.45, 2.75) is 58.3 Å². The Hall–Kier alpha value is -0.790. The summed E-state index contributed by atoms with van der Waals surface area (Å²) in [6, 6.07) is 0. The molecule has 1 aliphatic carbocycles. The quantitative estimate of drug-likeness (QED) is 0.548. The summed E-state index contributed by atoms with van der Waals surface area (Å²) in [6.07, 6.45) is 11.5. The Morgan fingerprint density at radius 3 is 2.67 bits per heavy atom. The van der Waals surface area contributed by atoms with Gasteiger partial charge in [-0.25, -0.2) is 0 Å². The van der Waals surface area contributed by atoms with E-state index in [0.717, 1.165) is 12.8 Å². The average molecular weight is 209 g/mol. The van der Waals surface area contributed by atoms with Gasteiger partial charge in [0.25, 0.3) is 0 Å². The number of rotatable bonds is 5. The van der Waals surface area contributed by atoms with Crippen molar-refractivity contribution in [1.82, 2.24) is 0 Å². The van der Waals surface area contributed by atoms with Crippen LogP contribution in [0.5, 0.6) is 0 Å². The summed E-state index contributed by atoms with van der Waals surface area (Å²) in [7, 11) is 0. The van der Waals surface area contributed by atoms with Crippen LogP contribution in [0.25, 0.3) is 0 Å². The molecule has 0 heterocycles. The van der Waals surface area contributed by atoms with Crippen molar-refractivity contribution in [3.05, 3.63) is 11.6 Å². The SMILES string of the molecule is CCCCC=C1CCC(CC(N)=O)CC1. The first kappa shape index (κ1) is 12.3. The lowest BCUT2D eigenvalue weighted by Crippen LogP contribution is -2.18. The monoisotopic (exact) mass is 209 g/mol. The van der Waals surface area contributed by atoms with Crippen molar-refractivity contribution in [3.8, 4) is 0 Å². The summed E-state index contributed by atoms with van der Waals surface area (Å²) < 4.78 is 0. The number of unbranched alkanes of at least 4 members (excludes halogenated alkanes) is 2. The van der Waals surface area contributed by atoms with Crippen LogP contribution in [0.4, 0.5) is 0 Å². The maximum atomic E-state index is 10.8. The Balaban J connectivity index is 2.23. The van der Waals surface area contributed by atoms with Crippen molar-refractivity contribution in [3.63, 3.8) is 0 Å². The number of allylic oxidation sites excluding steroid dienone is 2. The molecule has 1 aliphatic rings. The highest BCUT2D eigenvalue weighted by atomic mass is 16.1. The second kappa shape index (κ2) is 6.65. The molecule has 0 atom stereocenters. The van der Waals surface area contributed by atoms with E-state index in [1.807, 2.05) is 0 Å². The van der Waals surface area contributed by atoms with Gasteiger partial charge in [-0.15, -0.1) is 0 Å². The average Bonchev–Trinajstić information content (AvgIpc) is 2.20. The van der Waals surface area contributed by atoms with Gasteiger partial charge in [-0.05, 0) is 38.0 Å². The normalized spacial score (nSPS) is 21.4. The van der Waals surface area contributed by atoms with Gasteiger partial charge in [0.15, 0.2) is 0 Å². The molecular weight excluding hydrogens is 186 g/mol. The molecule has 0 aromatic heterocycles. The molecule has 1 fully saturated rings. The number of amides is 1. The van der Waals surface area contributed by atoms with Gasteiger partial charge in [-0.3, -0.25) is 4.79 Å². The largest absolute Gasteiger partial charge is 0.370 e. The summed E-state index contributed by atoms with van der Waals surface area (Å²) in [5, 5.41) is 0. The molecule has 2 nitrogen and oxygen atoms in total. The van der Waals surface area contributed by atoms with Crippen LogP contribution in [0.1, 0.15) is 58.3 Å². The minimum absolute atomic E-state index is 0.140. The maximum absolute atomic E-state index is 10.8. The van der Waals surface area contributed by atoms with Gasteiger partial charge in [0.2, 0.25) is 5.91 Å². The van der Waals surface area contributed by atoms with E-state index in [1.54, 1.807) is 5.57 Å². The van der Waals surface area contributed by atoms with Crippen LogP contribution in [0.15, 0.2) is 11.6 Å². The van der Waals surface area contributed by atoms with Crippen LogP contribution in [-0.2, 0) is 4.79 Å². The zero-order valence-electron chi connectivity index (χ0n) is 9.80. The van der Waals surface area contributed by atoms with Crippen molar-refractivity contribution in [1.29, 1.82) is 0 Å². The summed E-state index contributed by atoms with van der Waals surface area (Å²) in [5.41, 5.74) is 6.80. The van der Waals surface area contributed by atoms with E-state index in [2.05, 4.69) is 13.0 Å².